The molecule has 0 aromatic heterocycles. The zero-order chi connectivity index (χ0) is 13.0. The van der Waals surface area contributed by atoms with Crippen molar-refractivity contribution >= 4 is 5.97 Å². The van der Waals surface area contributed by atoms with E-state index in [1.54, 1.807) is 0 Å². The van der Waals surface area contributed by atoms with Crippen molar-refractivity contribution in [3.05, 3.63) is 0 Å². The lowest BCUT2D eigenvalue weighted by atomic mass is 9.83. The van der Waals surface area contributed by atoms with Crippen LogP contribution in [0.1, 0.15) is 64.7 Å². The monoisotopic (exact) mass is 253 g/mol. The summed E-state index contributed by atoms with van der Waals surface area (Å²) >= 11 is 0. The Morgan fingerprint density at radius 1 is 1.17 bits per heavy atom. The van der Waals surface area contributed by atoms with Crippen LogP contribution in [0.25, 0.3) is 0 Å². The molecule has 0 aromatic rings. The second-order valence-corrected chi connectivity index (χ2v) is 6.04. The molecule has 0 bridgehead atoms. The zero-order valence-electron chi connectivity index (χ0n) is 11.6. The molecule has 3 unspecified atom stereocenters. The van der Waals surface area contributed by atoms with E-state index in [1.165, 1.54) is 44.9 Å². The van der Waals surface area contributed by atoms with Gasteiger partial charge in [0, 0.05) is 6.04 Å². The number of carboxylic acids is 1. The predicted octanol–water partition coefficient (Wildman–Crippen LogP) is 3.28. The summed E-state index contributed by atoms with van der Waals surface area (Å²) in [4.78, 5) is 13.8. The topological polar surface area (TPSA) is 40.5 Å². The van der Waals surface area contributed by atoms with Crippen molar-refractivity contribution < 1.29 is 9.90 Å². The molecule has 2 fully saturated rings. The van der Waals surface area contributed by atoms with Crippen LogP contribution in [0, 0.1) is 5.92 Å². The van der Waals surface area contributed by atoms with E-state index in [4.69, 9.17) is 0 Å². The molecule has 1 aliphatic heterocycles. The van der Waals surface area contributed by atoms with Crippen molar-refractivity contribution in [1.29, 1.82) is 0 Å². The molecule has 2 rings (SSSR count). The third-order valence-corrected chi connectivity index (χ3v) is 4.88. The third kappa shape index (κ3) is 3.25. The van der Waals surface area contributed by atoms with E-state index in [0.29, 0.717) is 6.04 Å². The van der Waals surface area contributed by atoms with Gasteiger partial charge in [0.2, 0.25) is 0 Å². The van der Waals surface area contributed by atoms with Gasteiger partial charge in [-0.05, 0) is 38.1 Å². The number of rotatable bonds is 3. The summed E-state index contributed by atoms with van der Waals surface area (Å²) in [6, 6.07) is 0.316. The van der Waals surface area contributed by atoms with Crippen LogP contribution < -0.4 is 0 Å². The van der Waals surface area contributed by atoms with E-state index in [0.717, 1.165) is 25.3 Å². The van der Waals surface area contributed by atoms with Gasteiger partial charge in [-0.15, -0.1) is 0 Å². The summed E-state index contributed by atoms with van der Waals surface area (Å²) in [5, 5.41) is 9.45. The number of hydrogen-bond donors (Lipinski definition) is 1. The smallest absolute Gasteiger partial charge is 0.320 e. The Balaban J connectivity index is 2.04. The molecule has 1 saturated carbocycles. The van der Waals surface area contributed by atoms with Gasteiger partial charge in [-0.25, -0.2) is 0 Å². The minimum absolute atomic E-state index is 0.215. The first-order valence-electron chi connectivity index (χ1n) is 7.71. The molecule has 3 nitrogen and oxygen atoms in total. The van der Waals surface area contributed by atoms with Crippen molar-refractivity contribution in [1.82, 2.24) is 4.90 Å². The van der Waals surface area contributed by atoms with Crippen LogP contribution in [0.3, 0.4) is 0 Å². The average molecular weight is 253 g/mol. The fourth-order valence-electron chi connectivity index (χ4n) is 3.77. The van der Waals surface area contributed by atoms with Crippen LogP contribution in [0.5, 0.6) is 0 Å². The van der Waals surface area contributed by atoms with Crippen LogP contribution in [-0.4, -0.2) is 34.6 Å². The van der Waals surface area contributed by atoms with Gasteiger partial charge in [0.25, 0.3) is 0 Å². The van der Waals surface area contributed by atoms with E-state index >= 15 is 0 Å². The van der Waals surface area contributed by atoms with Gasteiger partial charge in [0.05, 0.1) is 0 Å². The minimum Gasteiger partial charge on any atom is -0.480 e. The Bertz CT molecular complexity index is 280. The Morgan fingerprint density at radius 2 is 2.00 bits per heavy atom. The van der Waals surface area contributed by atoms with Crippen LogP contribution in [0.2, 0.25) is 0 Å². The molecule has 2 aliphatic rings. The van der Waals surface area contributed by atoms with Crippen molar-refractivity contribution in [2.45, 2.75) is 76.8 Å². The van der Waals surface area contributed by atoms with Crippen LogP contribution in [-0.2, 0) is 4.79 Å². The van der Waals surface area contributed by atoms with Gasteiger partial charge < -0.3 is 5.11 Å². The maximum atomic E-state index is 11.5. The summed E-state index contributed by atoms with van der Waals surface area (Å²) in [6.07, 6.45) is 10.6. The summed E-state index contributed by atoms with van der Waals surface area (Å²) in [5.41, 5.74) is 0. The summed E-state index contributed by atoms with van der Waals surface area (Å²) < 4.78 is 0. The molecule has 1 aliphatic carbocycles. The second kappa shape index (κ2) is 6.55. The minimum atomic E-state index is -0.601. The molecule has 1 saturated heterocycles. The maximum Gasteiger partial charge on any atom is 0.320 e. The Kier molecular flexibility index (Phi) is 5.04. The highest BCUT2D eigenvalue weighted by molar-refractivity contribution is 5.73. The van der Waals surface area contributed by atoms with E-state index < -0.39 is 5.97 Å². The van der Waals surface area contributed by atoms with Gasteiger partial charge in [0.1, 0.15) is 6.04 Å². The van der Waals surface area contributed by atoms with Gasteiger partial charge in [-0.1, -0.05) is 39.0 Å². The summed E-state index contributed by atoms with van der Waals surface area (Å²) in [7, 11) is 0. The third-order valence-electron chi connectivity index (χ3n) is 4.88. The number of carboxylic acid groups (broad SMARTS) is 1. The van der Waals surface area contributed by atoms with Crippen molar-refractivity contribution in [2.75, 3.05) is 6.54 Å². The standard InChI is InChI=1S/C15H27NO2/c1-2-12-7-6-8-13(11-12)16-10-5-3-4-9-14(16)15(17)18/h12-14H,2-11H2,1H3,(H,17,18). The molecule has 1 heterocycles. The van der Waals surface area contributed by atoms with Gasteiger partial charge in [-0.2, -0.15) is 0 Å². The number of likely N-dealkylation sites (tertiary alicyclic amines) is 1. The molecule has 0 amide bonds. The van der Waals surface area contributed by atoms with Crippen molar-refractivity contribution in [2.24, 2.45) is 5.92 Å². The first-order chi connectivity index (χ1) is 8.72. The maximum absolute atomic E-state index is 11.5. The highest BCUT2D eigenvalue weighted by atomic mass is 16.4. The summed E-state index contributed by atoms with van der Waals surface area (Å²) in [6.45, 7) is 3.27. The molecule has 18 heavy (non-hydrogen) atoms. The van der Waals surface area contributed by atoms with E-state index in [9.17, 15) is 9.90 Å². The fourth-order valence-corrected chi connectivity index (χ4v) is 3.77. The number of carbonyl (C=O) groups is 1. The quantitative estimate of drug-likeness (QED) is 0.839. The van der Waals surface area contributed by atoms with Crippen molar-refractivity contribution in [3.8, 4) is 0 Å². The SMILES string of the molecule is CCC1CCCC(N2CCCCCC2C(=O)O)C1. The predicted molar refractivity (Wildman–Crippen MR) is 72.6 cm³/mol. The number of nitrogens with zero attached hydrogens (tertiary/aromatic N) is 1. The number of hydrogen-bond acceptors (Lipinski definition) is 2. The van der Waals surface area contributed by atoms with E-state index in [-0.39, 0.29) is 6.04 Å². The second-order valence-electron chi connectivity index (χ2n) is 6.04. The van der Waals surface area contributed by atoms with Crippen molar-refractivity contribution in [3.63, 3.8) is 0 Å². The molecule has 104 valence electrons. The Morgan fingerprint density at radius 3 is 2.72 bits per heavy atom. The lowest BCUT2D eigenvalue weighted by Gasteiger charge is -2.39. The Hall–Kier alpha value is -0.570. The lowest BCUT2D eigenvalue weighted by Crippen LogP contribution is -2.48. The molecule has 1 N–H and O–H groups in total. The molecular formula is C15H27NO2. The van der Waals surface area contributed by atoms with Crippen LogP contribution in [0.4, 0.5) is 0 Å². The number of aliphatic carboxylic acids is 1. The van der Waals surface area contributed by atoms with Gasteiger partial charge in [0.15, 0.2) is 0 Å². The normalized spacial score (nSPS) is 35.1. The molecule has 0 spiro atoms. The Labute approximate surface area is 111 Å². The highest BCUT2D eigenvalue weighted by Crippen LogP contribution is 2.32. The zero-order valence-corrected chi connectivity index (χ0v) is 11.6. The van der Waals surface area contributed by atoms with Crippen LogP contribution in [0.15, 0.2) is 0 Å². The van der Waals surface area contributed by atoms with Gasteiger partial charge in [-0.3, -0.25) is 9.69 Å². The molecule has 3 heteroatoms. The first kappa shape index (κ1) is 13.9. The molecular weight excluding hydrogens is 226 g/mol. The molecule has 0 aromatic carbocycles. The fraction of sp³-hybridized carbons (Fsp3) is 0.933. The summed E-state index contributed by atoms with van der Waals surface area (Å²) in [5.74, 6) is 0.219. The van der Waals surface area contributed by atoms with E-state index in [1.807, 2.05) is 0 Å². The first-order valence-corrected chi connectivity index (χ1v) is 7.71. The van der Waals surface area contributed by atoms with E-state index in [2.05, 4.69) is 11.8 Å². The molecule has 3 atom stereocenters. The molecule has 0 radical (unpaired) electrons. The lowest BCUT2D eigenvalue weighted by molar-refractivity contribution is -0.144. The highest BCUT2D eigenvalue weighted by Gasteiger charge is 2.34. The largest absolute Gasteiger partial charge is 0.480 e. The average Bonchev–Trinajstić information content (AvgIpc) is 2.64. The van der Waals surface area contributed by atoms with Gasteiger partial charge >= 0.3 is 5.97 Å². The van der Waals surface area contributed by atoms with Crippen LogP contribution >= 0.6 is 0 Å².